The molecule has 0 bridgehead atoms. The largest absolute Gasteiger partial charge is 0.300 e. The van der Waals surface area contributed by atoms with E-state index in [-0.39, 0.29) is 11.9 Å². The number of anilines is 1. The standard InChI is InChI=1S/C14H18N4OS/c1-9-4-5-11-12(8-9)20-14(16-11)17-13(19)10(2)18-7-3-6-15-18/h3,6-7,9-10H,4-5,8H2,1-2H3,(H,16,17,19)/t9-,10+/m0/s1. The first kappa shape index (κ1) is 13.3. The van der Waals surface area contributed by atoms with Gasteiger partial charge in [0.1, 0.15) is 6.04 Å². The number of nitrogens with one attached hydrogen (secondary N) is 1. The lowest BCUT2D eigenvalue weighted by molar-refractivity contribution is -0.119. The van der Waals surface area contributed by atoms with Crippen molar-refractivity contribution in [2.45, 2.75) is 39.2 Å². The molecule has 20 heavy (non-hydrogen) atoms. The van der Waals surface area contributed by atoms with Crippen molar-refractivity contribution in [3.8, 4) is 0 Å². The first-order valence-corrected chi connectivity index (χ1v) is 7.73. The van der Waals surface area contributed by atoms with Crippen LogP contribution >= 0.6 is 11.3 Å². The fourth-order valence-corrected chi connectivity index (χ4v) is 3.61. The van der Waals surface area contributed by atoms with Crippen molar-refractivity contribution < 1.29 is 4.79 Å². The van der Waals surface area contributed by atoms with Gasteiger partial charge in [-0.2, -0.15) is 5.10 Å². The molecular formula is C14H18N4OS. The van der Waals surface area contributed by atoms with Crippen molar-refractivity contribution in [3.05, 3.63) is 29.0 Å². The van der Waals surface area contributed by atoms with Gasteiger partial charge in [-0.25, -0.2) is 4.98 Å². The van der Waals surface area contributed by atoms with E-state index < -0.39 is 0 Å². The summed E-state index contributed by atoms with van der Waals surface area (Å²) < 4.78 is 1.64. The average molecular weight is 290 g/mol. The number of carbonyl (C=O) groups is 1. The molecule has 2 atom stereocenters. The lowest BCUT2D eigenvalue weighted by Crippen LogP contribution is -2.23. The molecular weight excluding hydrogens is 272 g/mol. The Morgan fingerprint density at radius 3 is 3.20 bits per heavy atom. The molecule has 1 aliphatic carbocycles. The minimum Gasteiger partial charge on any atom is -0.300 e. The second-order valence-corrected chi connectivity index (χ2v) is 6.47. The van der Waals surface area contributed by atoms with Gasteiger partial charge < -0.3 is 5.32 Å². The van der Waals surface area contributed by atoms with E-state index in [1.165, 1.54) is 11.3 Å². The van der Waals surface area contributed by atoms with Gasteiger partial charge in [0.25, 0.3) is 5.91 Å². The molecule has 6 heteroatoms. The predicted molar refractivity (Wildman–Crippen MR) is 78.9 cm³/mol. The molecule has 0 fully saturated rings. The van der Waals surface area contributed by atoms with Crippen LogP contribution in [-0.4, -0.2) is 20.7 Å². The molecule has 0 spiro atoms. The van der Waals surface area contributed by atoms with Crippen LogP contribution in [0.5, 0.6) is 0 Å². The summed E-state index contributed by atoms with van der Waals surface area (Å²) in [4.78, 5) is 18.1. The molecule has 0 aromatic carbocycles. The van der Waals surface area contributed by atoms with Crippen LogP contribution in [0.25, 0.3) is 0 Å². The second-order valence-electron chi connectivity index (χ2n) is 5.39. The van der Waals surface area contributed by atoms with Gasteiger partial charge >= 0.3 is 0 Å². The highest BCUT2D eigenvalue weighted by atomic mass is 32.1. The number of aryl methyl sites for hydroxylation is 1. The molecule has 5 nitrogen and oxygen atoms in total. The lowest BCUT2D eigenvalue weighted by Gasteiger charge is -2.15. The quantitative estimate of drug-likeness (QED) is 0.945. The van der Waals surface area contributed by atoms with E-state index in [1.54, 1.807) is 28.4 Å². The molecule has 0 saturated carbocycles. The average Bonchev–Trinajstić information content (AvgIpc) is 3.05. The van der Waals surface area contributed by atoms with Crippen LogP contribution in [0, 0.1) is 5.92 Å². The zero-order valence-corrected chi connectivity index (χ0v) is 12.5. The van der Waals surface area contributed by atoms with Gasteiger partial charge in [0.05, 0.1) is 5.69 Å². The van der Waals surface area contributed by atoms with Gasteiger partial charge in [0, 0.05) is 17.3 Å². The van der Waals surface area contributed by atoms with Gasteiger partial charge in [0.2, 0.25) is 0 Å². The van der Waals surface area contributed by atoms with Crippen molar-refractivity contribution in [1.82, 2.24) is 14.8 Å². The van der Waals surface area contributed by atoms with Crippen LogP contribution in [0.2, 0.25) is 0 Å². The van der Waals surface area contributed by atoms with Crippen LogP contribution < -0.4 is 5.32 Å². The molecule has 1 amide bonds. The lowest BCUT2D eigenvalue weighted by atomic mass is 9.93. The summed E-state index contributed by atoms with van der Waals surface area (Å²) in [6, 6.07) is 1.48. The van der Waals surface area contributed by atoms with E-state index in [4.69, 9.17) is 0 Å². The SMILES string of the molecule is C[C@H]1CCc2nc(NC(=O)[C@@H](C)n3cccn3)sc2C1. The Balaban J connectivity index is 1.70. The Bertz CT molecular complexity index is 605. The maximum atomic E-state index is 12.2. The summed E-state index contributed by atoms with van der Waals surface area (Å²) >= 11 is 1.61. The van der Waals surface area contributed by atoms with Crippen molar-refractivity contribution in [3.63, 3.8) is 0 Å². The van der Waals surface area contributed by atoms with Crippen LogP contribution in [0.4, 0.5) is 5.13 Å². The Hall–Kier alpha value is -1.69. The number of carbonyl (C=O) groups excluding carboxylic acids is 1. The summed E-state index contributed by atoms with van der Waals surface area (Å²) in [5.41, 5.74) is 1.16. The summed E-state index contributed by atoms with van der Waals surface area (Å²) in [7, 11) is 0. The minimum absolute atomic E-state index is 0.0761. The third-order valence-corrected chi connectivity index (χ3v) is 4.75. The Morgan fingerprint density at radius 1 is 1.60 bits per heavy atom. The maximum Gasteiger partial charge on any atom is 0.250 e. The third kappa shape index (κ3) is 2.60. The fraction of sp³-hybridized carbons (Fsp3) is 0.500. The number of thiazole rings is 1. The Labute approximate surface area is 122 Å². The van der Waals surface area contributed by atoms with Gasteiger partial charge in [-0.1, -0.05) is 6.92 Å². The Morgan fingerprint density at radius 2 is 2.45 bits per heavy atom. The molecule has 3 rings (SSSR count). The minimum atomic E-state index is -0.329. The number of hydrogen-bond acceptors (Lipinski definition) is 4. The number of rotatable bonds is 3. The van der Waals surface area contributed by atoms with E-state index in [2.05, 4.69) is 22.3 Å². The van der Waals surface area contributed by atoms with E-state index in [0.717, 1.165) is 24.5 Å². The summed E-state index contributed by atoms with van der Waals surface area (Å²) in [5, 5.41) is 7.72. The monoisotopic (exact) mass is 290 g/mol. The van der Waals surface area contributed by atoms with Gasteiger partial charge in [-0.05, 0) is 38.2 Å². The van der Waals surface area contributed by atoms with Crippen LogP contribution in [0.15, 0.2) is 18.5 Å². The number of nitrogens with zero attached hydrogens (tertiary/aromatic N) is 3. The molecule has 1 aliphatic rings. The molecule has 1 N–H and O–H groups in total. The van der Waals surface area contributed by atoms with Crippen molar-refractivity contribution in [2.75, 3.05) is 5.32 Å². The Kier molecular flexibility index (Phi) is 3.56. The highest BCUT2D eigenvalue weighted by molar-refractivity contribution is 7.15. The van der Waals surface area contributed by atoms with E-state index >= 15 is 0 Å². The maximum absolute atomic E-state index is 12.2. The van der Waals surface area contributed by atoms with Crippen LogP contribution in [-0.2, 0) is 17.6 Å². The van der Waals surface area contributed by atoms with Crippen LogP contribution in [0.1, 0.15) is 36.9 Å². The van der Waals surface area contributed by atoms with Crippen molar-refractivity contribution in [1.29, 1.82) is 0 Å². The van der Waals surface area contributed by atoms with Gasteiger partial charge in [0.15, 0.2) is 5.13 Å². The molecule has 2 heterocycles. The number of hydrogen-bond donors (Lipinski definition) is 1. The molecule has 2 aromatic heterocycles. The van der Waals surface area contributed by atoms with Crippen molar-refractivity contribution in [2.24, 2.45) is 5.92 Å². The van der Waals surface area contributed by atoms with Gasteiger partial charge in [-0.3, -0.25) is 9.48 Å². The second kappa shape index (κ2) is 5.36. The normalized spacial score (nSPS) is 19.4. The van der Waals surface area contributed by atoms with Crippen molar-refractivity contribution >= 4 is 22.4 Å². The first-order chi connectivity index (χ1) is 9.63. The zero-order chi connectivity index (χ0) is 14.1. The number of fused-ring (bicyclic) bond motifs is 1. The smallest absolute Gasteiger partial charge is 0.250 e. The van der Waals surface area contributed by atoms with E-state index in [1.807, 2.05) is 13.0 Å². The summed E-state index contributed by atoms with van der Waals surface area (Å²) in [5.74, 6) is 0.641. The van der Waals surface area contributed by atoms with E-state index in [9.17, 15) is 4.79 Å². The molecule has 0 radical (unpaired) electrons. The number of amides is 1. The molecule has 0 aliphatic heterocycles. The fourth-order valence-electron chi connectivity index (χ4n) is 2.43. The molecule has 0 saturated heterocycles. The molecule has 106 valence electrons. The zero-order valence-electron chi connectivity index (χ0n) is 11.7. The highest BCUT2D eigenvalue weighted by Gasteiger charge is 2.22. The summed E-state index contributed by atoms with van der Waals surface area (Å²) in [6.45, 7) is 4.10. The number of aromatic nitrogens is 3. The molecule has 0 unspecified atom stereocenters. The third-order valence-electron chi connectivity index (χ3n) is 3.72. The molecule has 2 aromatic rings. The predicted octanol–water partition coefficient (Wildman–Crippen LogP) is 2.66. The van der Waals surface area contributed by atoms with Crippen LogP contribution in [0.3, 0.4) is 0 Å². The highest BCUT2D eigenvalue weighted by Crippen LogP contribution is 2.32. The summed E-state index contributed by atoms with van der Waals surface area (Å²) in [6.07, 6.45) is 6.76. The van der Waals surface area contributed by atoms with E-state index in [0.29, 0.717) is 5.13 Å². The van der Waals surface area contributed by atoms with Gasteiger partial charge in [-0.15, -0.1) is 11.3 Å². The topological polar surface area (TPSA) is 59.8 Å². The first-order valence-electron chi connectivity index (χ1n) is 6.92.